The highest BCUT2D eigenvalue weighted by Crippen LogP contribution is 2.30. The van der Waals surface area contributed by atoms with Gasteiger partial charge in [-0.15, -0.1) is 11.3 Å². The molecule has 0 radical (unpaired) electrons. The van der Waals surface area contributed by atoms with Crippen molar-refractivity contribution in [3.05, 3.63) is 17.0 Å². The zero-order valence-electron chi connectivity index (χ0n) is 9.91. The fourth-order valence-corrected chi connectivity index (χ4v) is 4.54. The Morgan fingerprint density at radius 3 is 2.72 bits per heavy atom. The summed E-state index contributed by atoms with van der Waals surface area (Å²) >= 11 is 0.981. The summed E-state index contributed by atoms with van der Waals surface area (Å²) in [6.45, 7) is 0.416. The number of sulfonamides is 1. The normalized spacial score (nSPS) is 23.7. The van der Waals surface area contributed by atoms with Crippen molar-refractivity contribution in [1.29, 1.82) is 5.26 Å². The number of hydrogen-bond acceptors (Lipinski definition) is 5. The van der Waals surface area contributed by atoms with Crippen LogP contribution in [0.2, 0.25) is 0 Å². The molecule has 0 bridgehead atoms. The van der Waals surface area contributed by atoms with E-state index in [-0.39, 0.29) is 16.2 Å². The monoisotopic (exact) mass is 286 g/mol. The Labute approximate surface area is 110 Å². The standard InChI is InChI=1S/C11H14N2O3S2/c1-13(7-8-4-9(14)5-8)18(15,16)11-3-2-10(6-12)17-11/h2-3,8-9,14H,4-5,7H2,1H3. The van der Waals surface area contributed by atoms with Crippen molar-refractivity contribution in [1.82, 2.24) is 4.31 Å². The second-order valence-corrected chi connectivity index (χ2v) is 7.86. The van der Waals surface area contributed by atoms with Crippen LogP contribution in [0.5, 0.6) is 0 Å². The molecule has 0 aliphatic heterocycles. The molecule has 18 heavy (non-hydrogen) atoms. The first kappa shape index (κ1) is 13.5. The van der Waals surface area contributed by atoms with E-state index in [9.17, 15) is 13.5 Å². The summed E-state index contributed by atoms with van der Waals surface area (Å²) in [6.07, 6.45) is 1.04. The van der Waals surface area contributed by atoms with Gasteiger partial charge in [0.1, 0.15) is 15.2 Å². The minimum Gasteiger partial charge on any atom is -0.393 e. The minimum absolute atomic E-state index is 0.196. The van der Waals surface area contributed by atoms with Crippen LogP contribution in [0.25, 0.3) is 0 Å². The molecule has 7 heteroatoms. The molecule has 2 rings (SSSR count). The second kappa shape index (κ2) is 4.97. The molecule has 98 valence electrons. The highest BCUT2D eigenvalue weighted by Gasteiger charge is 2.32. The fourth-order valence-electron chi connectivity index (χ4n) is 1.98. The van der Waals surface area contributed by atoms with Gasteiger partial charge in [0.25, 0.3) is 10.0 Å². The molecular formula is C11H14N2O3S2. The van der Waals surface area contributed by atoms with Gasteiger partial charge in [-0.3, -0.25) is 0 Å². The molecular weight excluding hydrogens is 272 g/mol. The van der Waals surface area contributed by atoms with Gasteiger partial charge in [-0.1, -0.05) is 0 Å². The molecule has 1 aromatic heterocycles. The van der Waals surface area contributed by atoms with E-state index in [1.54, 1.807) is 0 Å². The molecule has 1 saturated carbocycles. The van der Waals surface area contributed by atoms with Crippen LogP contribution in [0.1, 0.15) is 17.7 Å². The lowest BCUT2D eigenvalue weighted by molar-refractivity contribution is 0.0367. The number of aliphatic hydroxyl groups excluding tert-OH is 1. The Kier molecular flexibility index (Phi) is 3.73. The van der Waals surface area contributed by atoms with Gasteiger partial charge in [-0.25, -0.2) is 8.42 Å². The number of nitriles is 1. The van der Waals surface area contributed by atoms with Gasteiger partial charge in [-0.05, 0) is 30.9 Å². The van der Waals surface area contributed by atoms with Gasteiger partial charge < -0.3 is 5.11 Å². The van der Waals surface area contributed by atoms with Crippen molar-refractivity contribution in [3.63, 3.8) is 0 Å². The number of aliphatic hydroxyl groups is 1. The van der Waals surface area contributed by atoms with E-state index in [1.165, 1.54) is 23.5 Å². The van der Waals surface area contributed by atoms with E-state index >= 15 is 0 Å². The molecule has 0 amide bonds. The van der Waals surface area contributed by atoms with E-state index in [1.807, 2.05) is 6.07 Å². The summed E-state index contributed by atoms with van der Waals surface area (Å²) in [5, 5.41) is 17.9. The zero-order valence-corrected chi connectivity index (χ0v) is 11.5. The van der Waals surface area contributed by atoms with E-state index < -0.39 is 10.0 Å². The van der Waals surface area contributed by atoms with Crippen molar-refractivity contribution in [2.75, 3.05) is 13.6 Å². The lowest BCUT2D eigenvalue weighted by Crippen LogP contribution is -2.39. The quantitative estimate of drug-likeness (QED) is 0.895. The molecule has 1 aromatic rings. The molecule has 1 fully saturated rings. The Morgan fingerprint density at radius 1 is 1.56 bits per heavy atom. The van der Waals surface area contributed by atoms with Crippen molar-refractivity contribution in [2.24, 2.45) is 5.92 Å². The first-order valence-electron chi connectivity index (χ1n) is 5.58. The maximum atomic E-state index is 12.2. The maximum Gasteiger partial charge on any atom is 0.252 e. The van der Waals surface area contributed by atoms with Gasteiger partial charge in [0.05, 0.1) is 6.10 Å². The number of nitrogens with zero attached hydrogens (tertiary/aromatic N) is 2. The zero-order chi connectivity index (χ0) is 13.3. The summed E-state index contributed by atoms with van der Waals surface area (Å²) in [6, 6.07) is 4.91. The van der Waals surface area contributed by atoms with E-state index in [0.29, 0.717) is 24.3 Å². The summed E-state index contributed by atoms with van der Waals surface area (Å²) in [5.41, 5.74) is 0. The van der Waals surface area contributed by atoms with Crippen LogP contribution in [-0.4, -0.2) is 37.5 Å². The van der Waals surface area contributed by atoms with Gasteiger partial charge >= 0.3 is 0 Å². The molecule has 0 spiro atoms. The van der Waals surface area contributed by atoms with Crippen LogP contribution in [-0.2, 0) is 10.0 Å². The molecule has 0 atom stereocenters. The predicted octanol–water partition coefficient (Wildman–Crippen LogP) is 1.01. The Bertz CT molecular complexity index is 567. The van der Waals surface area contributed by atoms with Crippen molar-refractivity contribution in [2.45, 2.75) is 23.2 Å². The number of hydrogen-bond donors (Lipinski definition) is 1. The molecule has 1 N–H and O–H groups in total. The van der Waals surface area contributed by atoms with E-state index in [0.717, 1.165) is 11.3 Å². The molecule has 5 nitrogen and oxygen atoms in total. The third-order valence-electron chi connectivity index (χ3n) is 3.08. The molecule has 0 aromatic carbocycles. The van der Waals surface area contributed by atoms with Crippen LogP contribution in [0.3, 0.4) is 0 Å². The lowest BCUT2D eigenvalue weighted by atomic mass is 9.82. The Morgan fingerprint density at radius 2 is 2.22 bits per heavy atom. The highest BCUT2D eigenvalue weighted by atomic mass is 32.2. The molecule has 0 saturated heterocycles. The molecule has 0 unspecified atom stereocenters. The summed E-state index contributed by atoms with van der Waals surface area (Å²) in [4.78, 5) is 0.390. The van der Waals surface area contributed by atoms with Crippen molar-refractivity contribution in [3.8, 4) is 6.07 Å². The maximum absolute atomic E-state index is 12.2. The van der Waals surface area contributed by atoms with Crippen LogP contribution in [0.15, 0.2) is 16.3 Å². The number of rotatable bonds is 4. The van der Waals surface area contributed by atoms with Gasteiger partial charge in [0.15, 0.2) is 0 Å². The molecule has 1 aliphatic rings. The van der Waals surface area contributed by atoms with E-state index in [4.69, 9.17) is 5.26 Å². The predicted molar refractivity (Wildman–Crippen MR) is 67.6 cm³/mol. The van der Waals surface area contributed by atoms with Crippen LogP contribution < -0.4 is 0 Å². The summed E-state index contributed by atoms with van der Waals surface area (Å²) < 4.78 is 25.9. The topological polar surface area (TPSA) is 81.4 Å². The van der Waals surface area contributed by atoms with Crippen molar-refractivity contribution >= 4 is 21.4 Å². The third-order valence-corrected chi connectivity index (χ3v) is 6.36. The molecule has 1 heterocycles. The van der Waals surface area contributed by atoms with Crippen LogP contribution >= 0.6 is 11.3 Å². The fraction of sp³-hybridized carbons (Fsp3) is 0.545. The molecule has 1 aliphatic carbocycles. The SMILES string of the molecule is CN(CC1CC(O)C1)S(=O)(=O)c1ccc(C#N)s1. The number of thiophene rings is 1. The first-order chi connectivity index (χ1) is 8.43. The van der Waals surface area contributed by atoms with Gasteiger partial charge in [0, 0.05) is 13.6 Å². The average Bonchev–Trinajstić information content (AvgIpc) is 2.75. The lowest BCUT2D eigenvalue weighted by Gasteiger charge is -2.33. The Balaban J connectivity index is 2.08. The third kappa shape index (κ3) is 2.57. The summed E-state index contributed by atoms with van der Waals surface area (Å²) in [5.74, 6) is 0.232. The highest BCUT2D eigenvalue weighted by molar-refractivity contribution is 7.91. The first-order valence-corrected chi connectivity index (χ1v) is 7.83. The average molecular weight is 286 g/mol. The second-order valence-electron chi connectivity index (χ2n) is 4.51. The summed E-state index contributed by atoms with van der Waals surface area (Å²) in [7, 11) is -1.96. The van der Waals surface area contributed by atoms with Gasteiger partial charge in [-0.2, -0.15) is 9.57 Å². The van der Waals surface area contributed by atoms with E-state index in [2.05, 4.69) is 0 Å². The van der Waals surface area contributed by atoms with Crippen LogP contribution in [0.4, 0.5) is 0 Å². The smallest absolute Gasteiger partial charge is 0.252 e. The van der Waals surface area contributed by atoms with Crippen molar-refractivity contribution < 1.29 is 13.5 Å². The van der Waals surface area contributed by atoms with Gasteiger partial charge in [0.2, 0.25) is 0 Å². The largest absolute Gasteiger partial charge is 0.393 e. The van der Waals surface area contributed by atoms with Crippen LogP contribution in [0, 0.1) is 17.2 Å². The minimum atomic E-state index is -3.50. The Hall–Kier alpha value is -0.940.